The number of phosphoric acid groups is 1. The summed E-state index contributed by atoms with van der Waals surface area (Å²) in [7, 11) is 1.67. The zero-order valence-corrected chi connectivity index (χ0v) is 44.6. The SMILES string of the molecule is CCCCC/C=C\C/C=C\CCCCCCCCCCCC(=O)OC(COCCCCCCCCCCCCCC/C=C\CCCCCCCCCC)COP(=O)(O)OCC[N+](C)(C)C. The number of esters is 1. The van der Waals surface area contributed by atoms with Crippen molar-refractivity contribution >= 4 is 13.8 Å². The molecule has 0 amide bonds. The number of likely N-dealkylation sites (N-methyl/N-ethyl adjacent to an activating group) is 1. The Labute approximate surface area is 404 Å². The van der Waals surface area contributed by atoms with Crippen molar-refractivity contribution in [2.75, 3.05) is 54.1 Å². The normalized spacial score (nSPS) is 13.8. The summed E-state index contributed by atoms with van der Waals surface area (Å²) in [5.41, 5.74) is 0. The van der Waals surface area contributed by atoms with E-state index in [2.05, 4.69) is 50.3 Å². The van der Waals surface area contributed by atoms with Gasteiger partial charge in [0.1, 0.15) is 19.3 Å². The van der Waals surface area contributed by atoms with Crippen molar-refractivity contribution in [1.82, 2.24) is 0 Å². The van der Waals surface area contributed by atoms with E-state index in [0.717, 1.165) is 38.5 Å². The Balaban J connectivity index is 4.07. The summed E-state index contributed by atoms with van der Waals surface area (Å²) in [5, 5.41) is 0. The molecular formula is C56H109NO7P+. The maximum absolute atomic E-state index is 12.8. The van der Waals surface area contributed by atoms with Gasteiger partial charge in [-0.2, -0.15) is 0 Å². The number of allylic oxidation sites excluding steroid dienone is 6. The van der Waals surface area contributed by atoms with Crippen LogP contribution >= 0.6 is 7.82 Å². The third-order valence-electron chi connectivity index (χ3n) is 12.2. The second-order valence-electron chi connectivity index (χ2n) is 20.0. The highest BCUT2D eigenvalue weighted by Gasteiger charge is 2.26. The van der Waals surface area contributed by atoms with E-state index >= 15 is 0 Å². The standard InChI is InChI=1S/C56H108NO7P/c1-6-8-10-12-14-16-18-20-22-24-26-27-28-29-30-32-34-36-38-40-42-44-46-48-51-61-53-55(54-63-65(59,60)62-52-50-57(3,4)5)64-56(58)49-47-45-43-41-39-37-35-33-31-25-23-21-19-17-15-13-11-9-7-2/h15,17,21,23-24,26,55H,6-14,16,18-20,22,25,27-54H2,1-5H3/p+1/b17-15-,23-21-,26-24-. The maximum atomic E-state index is 12.8. The summed E-state index contributed by atoms with van der Waals surface area (Å²) in [6.45, 7) is 5.64. The number of ether oxygens (including phenoxy) is 2. The molecule has 0 saturated heterocycles. The zero-order chi connectivity index (χ0) is 47.6. The molecule has 0 radical (unpaired) electrons. The minimum absolute atomic E-state index is 0.0884. The van der Waals surface area contributed by atoms with E-state index in [1.807, 2.05) is 21.1 Å². The number of rotatable bonds is 52. The van der Waals surface area contributed by atoms with Crippen molar-refractivity contribution in [1.29, 1.82) is 0 Å². The van der Waals surface area contributed by atoms with Crippen LogP contribution in [-0.2, 0) is 27.9 Å². The van der Waals surface area contributed by atoms with Crippen LogP contribution in [0.1, 0.15) is 258 Å². The van der Waals surface area contributed by atoms with Gasteiger partial charge < -0.3 is 18.9 Å². The van der Waals surface area contributed by atoms with E-state index in [-0.39, 0.29) is 25.8 Å². The quantitative estimate of drug-likeness (QED) is 0.0214. The van der Waals surface area contributed by atoms with Crippen LogP contribution in [0.5, 0.6) is 0 Å². The molecule has 0 aromatic carbocycles. The number of nitrogens with zero attached hydrogens (tertiary/aromatic N) is 1. The fraction of sp³-hybridized carbons (Fsp3) is 0.875. The average Bonchev–Trinajstić information content (AvgIpc) is 3.27. The van der Waals surface area contributed by atoms with E-state index < -0.39 is 13.9 Å². The van der Waals surface area contributed by atoms with E-state index in [9.17, 15) is 14.3 Å². The molecule has 0 heterocycles. The highest BCUT2D eigenvalue weighted by atomic mass is 31.2. The molecule has 0 aliphatic carbocycles. The van der Waals surface area contributed by atoms with E-state index in [1.54, 1.807) is 0 Å². The Kier molecular flexibility index (Phi) is 48.2. The Bertz CT molecular complexity index is 1140. The lowest BCUT2D eigenvalue weighted by Crippen LogP contribution is -2.37. The van der Waals surface area contributed by atoms with Crippen LogP contribution in [0.3, 0.4) is 0 Å². The number of quaternary nitrogens is 1. The topological polar surface area (TPSA) is 91.3 Å². The highest BCUT2D eigenvalue weighted by Crippen LogP contribution is 2.43. The van der Waals surface area contributed by atoms with Gasteiger partial charge in [0.2, 0.25) is 0 Å². The number of hydrogen-bond donors (Lipinski definition) is 1. The summed E-state index contributed by atoms with van der Waals surface area (Å²) in [6.07, 6.45) is 60.5. The lowest BCUT2D eigenvalue weighted by Gasteiger charge is -2.24. The Morgan fingerprint density at radius 1 is 0.477 bits per heavy atom. The first-order valence-corrected chi connectivity index (χ1v) is 29.2. The molecule has 9 heteroatoms. The number of phosphoric ester groups is 1. The van der Waals surface area contributed by atoms with Gasteiger partial charge >= 0.3 is 13.8 Å². The molecule has 1 N–H and O–H groups in total. The lowest BCUT2D eigenvalue weighted by atomic mass is 10.0. The first kappa shape index (κ1) is 63.7. The van der Waals surface area contributed by atoms with E-state index in [0.29, 0.717) is 24.1 Å². The maximum Gasteiger partial charge on any atom is 0.472 e. The van der Waals surface area contributed by atoms with Crippen LogP contribution in [0.4, 0.5) is 0 Å². The zero-order valence-electron chi connectivity index (χ0n) is 43.7. The molecule has 0 aliphatic heterocycles. The molecule has 0 aromatic heterocycles. The van der Waals surface area contributed by atoms with Gasteiger partial charge in [-0.25, -0.2) is 4.57 Å². The summed E-state index contributed by atoms with van der Waals surface area (Å²) < 4.78 is 35.2. The largest absolute Gasteiger partial charge is 0.472 e. The van der Waals surface area contributed by atoms with Gasteiger partial charge in [0.05, 0.1) is 34.4 Å². The molecule has 0 saturated carbocycles. The average molecular weight is 939 g/mol. The smallest absolute Gasteiger partial charge is 0.457 e. The Morgan fingerprint density at radius 3 is 1.29 bits per heavy atom. The minimum Gasteiger partial charge on any atom is -0.457 e. The fourth-order valence-corrected chi connectivity index (χ4v) is 8.62. The van der Waals surface area contributed by atoms with Crippen molar-refractivity contribution in [3.8, 4) is 0 Å². The molecule has 384 valence electrons. The Morgan fingerprint density at radius 2 is 0.846 bits per heavy atom. The fourth-order valence-electron chi connectivity index (χ4n) is 7.87. The van der Waals surface area contributed by atoms with Crippen molar-refractivity contribution < 1.29 is 37.3 Å². The molecule has 65 heavy (non-hydrogen) atoms. The molecule has 0 bridgehead atoms. The van der Waals surface area contributed by atoms with Crippen LogP contribution < -0.4 is 0 Å². The second-order valence-corrected chi connectivity index (χ2v) is 21.4. The van der Waals surface area contributed by atoms with Crippen LogP contribution in [0.15, 0.2) is 36.5 Å². The molecular weight excluding hydrogens is 830 g/mol. The first-order valence-electron chi connectivity index (χ1n) is 27.7. The molecule has 0 aliphatic rings. The third kappa shape index (κ3) is 53.5. The molecule has 0 aromatic rings. The van der Waals surface area contributed by atoms with Crippen molar-refractivity contribution in [3.05, 3.63) is 36.5 Å². The molecule has 2 atom stereocenters. The molecule has 0 rings (SSSR count). The summed E-state index contributed by atoms with van der Waals surface area (Å²) in [6, 6.07) is 0. The number of carbonyl (C=O) groups is 1. The van der Waals surface area contributed by atoms with Crippen LogP contribution in [0.2, 0.25) is 0 Å². The summed E-state index contributed by atoms with van der Waals surface area (Å²) >= 11 is 0. The van der Waals surface area contributed by atoms with Gasteiger partial charge in [0.15, 0.2) is 0 Å². The number of carbonyl (C=O) groups excluding carboxylic acids is 1. The summed E-state index contributed by atoms with van der Waals surface area (Å²) in [4.78, 5) is 23.0. The predicted molar refractivity (Wildman–Crippen MR) is 280 cm³/mol. The predicted octanol–water partition coefficient (Wildman–Crippen LogP) is 17.3. The minimum atomic E-state index is -4.28. The van der Waals surface area contributed by atoms with E-state index in [1.165, 1.54) is 199 Å². The molecule has 8 nitrogen and oxygen atoms in total. The highest BCUT2D eigenvalue weighted by molar-refractivity contribution is 7.47. The van der Waals surface area contributed by atoms with Gasteiger partial charge in [-0.1, -0.05) is 217 Å². The van der Waals surface area contributed by atoms with Crippen molar-refractivity contribution in [2.45, 2.75) is 264 Å². The van der Waals surface area contributed by atoms with Gasteiger partial charge in [-0.05, 0) is 70.6 Å². The van der Waals surface area contributed by atoms with Crippen molar-refractivity contribution in [2.24, 2.45) is 0 Å². The van der Waals surface area contributed by atoms with Gasteiger partial charge in [0, 0.05) is 13.0 Å². The Hall–Kier alpha value is -1.28. The lowest BCUT2D eigenvalue weighted by molar-refractivity contribution is -0.870. The van der Waals surface area contributed by atoms with Gasteiger partial charge in [-0.3, -0.25) is 13.8 Å². The first-order chi connectivity index (χ1) is 31.6. The molecule has 0 spiro atoms. The van der Waals surface area contributed by atoms with Gasteiger partial charge in [0.25, 0.3) is 0 Å². The molecule has 2 unspecified atom stereocenters. The van der Waals surface area contributed by atoms with Crippen LogP contribution in [0, 0.1) is 0 Å². The van der Waals surface area contributed by atoms with Crippen LogP contribution in [0.25, 0.3) is 0 Å². The number of unbranched alkanes of at least 4 members (excludes halogenated alkanes) is 32. The van der Waals surface area contributed by atoms with Crippen LogP contribution in [-0.4, -0.2) is 75.6 Å². The molecule has 0 fully saturated rings. The third-order valence-corrected chi connectivity index (χ3v) is 13.2. The van der Waals surface area contributed by atoms with Gasteiger partial charge in [-0.15, -0.1) is 0 Å². The summed E-state index contributed by atoms with van der Waals surface area (Å²) in [5.74, 6) is -0.315. The van der Waals surface area contributed by atoms with E-state index in [4.69, 9.17) is 18.5 Å². The monoisotopic (exact) mass is 939 g/mol. The second kappa shape index (κ2) is 49.2. The number of hydrogen-bond acceptors (Lipinski definition) is 6. The van der Waals surface area contributed by atoms with Crippen molar-refractivity contribution in [3.63, 3.8) is 0 Å².